The van der Waals surface area contributed by atoms with Gasteiger partial charge in [0.2, 0.25) is 5.91 Å². The number of nitrogens with one attached hydrogen (secondary N) is 3. The molecule has 32 heavy (non-hydrogen) atoms. The zero-order valence-corrected chi connectivity index (χ0v) is 18.9. The zero-order chi connectivity index (χ0) is 22.5. The normalized spacial score (nSPS) is 13.6. The van der Waals surface area contributed by atoms with Crippen LogP contribution in [0.3, 0.4) is 0 Å². The Labute approximate surface area is 193 Å². The first-order valence-electron chi connectivity index (χ1n) is 10.2. The van der Waals surface area contributed by atoms with E-state index in [2.05, 4.69) is 10.6 Å². The number of nitrogen functional groups attached to an aromatic ring is 1. The highest BCUT2D eigenvalue weighted by Gasteiger charge is 2.24. The maximum atomic E-state index is 13.0. The summed E-state index contributed by atoms with van der Waals surface area (Å²) in [6.07, 6.45) is 2.04. The van der Waals surface area contributed by atoms with Crippen molar-refractivity contribution in [2.24, 2.45) is 5.73 Å². The van der Waals surface area contributed by atoms with E-state index in [9.17, 15) is 14.4 Å². The third-order valence-corrected chi connectivity index (χ3v) is 5.26. The Morgan fingerprint density at radius 1 is 1.09 bits per heavy atom. The van der Waals surface area contributed by atoms with Gasteiger partial charge in [0, 0.05) is 36.8 Å². The lowest BCUT2D eigenvalue weighted by molar-refractivity contribution is -0.125. The summed E-state index contributed by atoms with van der Waals surface area (Å²) in [5.41, 5.74) is 8.43. The van der Waals surface area contributed by atoms with Crippen molar-refractivity contribution in [1.29, 1.82) is 5.41 Å². The number of likely N-dealkylation sites (tertiary alicyclic amines) is 1. The molecule has 1 aliphatic rings. The maximum absolute atomic E-state index is 13.0. The minimum absolute atomic E-state index is 0. The second-order valence-corrected chi connectivity index (χ2v) is 7.69. The van der Waals surface area contributed by atoms with E-state index in [4.69, 9.17) is 11.1 Å². The molecule has 0 saturated carbocycles. The summed E-state index contributed by atoms with van der Waals surface area (Å²) in [5.74, 6) is -0.923. The van der Waals surface area contributed by atoms with E-state index in [1.165, 1.54) is 6.92 Å². The quantitative estimate of drug-likeness (QED) is 0.392. The molecule has 8 nitrogen and oxygen atoms in total. The Hall–Kier alpha value is -3.39. The Morgan fingerprint density at radius 3 is 2.38 bits per heavy atom. The Balaban J connectivity index is 0.00000363. The van der Waals surface area contributed by atoms with E-state index >= 15 is 0 Å². The number of amidine groups is 1. The van der Waals surface area contributed by atoms with Crippen molar-refractivity contribution in [3.05, 3.63) is 64.7 Å². The van der Waals surface area contributed by atoms with Crippen molar-refractivity contribution < 1.29 is 14.4 Å². The number of nitrogens with zero attached hydrogens (tertiary/aromatic N) is 1. The number of carbonyl (C=O) groups is 3. The molecule has 1 atom stereocenters. The fourth-order valence-corrected chi connectivity index (χ4v) is 3.68. The molecule has 1 aliphatic heterocycles. The van der Waals surface area contributed by atoms with Gasteiger partial charge in [0.15, 0.2) is 0 Å². The highest BCUT2D eigenvalue weighted by molar-refractivity contribution is 6.00. The third-order valence-electron chi connectivity index (χ3n) is 5.26. The number of benzene rings is 2. The summed E-state index contributed by atoms with van der Waals surface area (Å²) < 4.78 is 0. The van der Waals surface area contributed by atoms with Crippen LogP contribution in [0.2, 0.25) is 0 Å². The number of amides is 3. The summed E-state index contributed by atoms with van der Waals surface area (Å²) in [6, 6.07) is 10.8. The van der Waals surface area contributed by atoms with Gasteiger partial charge in [0.25, 0.3) is 11.8 Å². The van der Waals surface area contributed by atoms with E-state index in [1.807, 2.05) is 11.8 Å². The molecule has 2 aromatic rings. The van der Waals surface area contributed by atoms with Gasteiger partial charge in [-0.15, -0.1) is 12.4 Å². The summed E-state index contributed by atoms with van der Waals surface area (Å²) >= 11 is 0. The second kappa shape index (κ2) is 10.8. The number of halogens is 1. The molecular formula is C23H28ClN5O3. The van der Waals surface area contributed by atoms with E-state index in [0.717, 1.165) is 31.5 Å². The van der Waals surface area contributed by atoms with Gasteiger partial charge < -0.3 is 21.3 Å². The first kappa shape index (κ1) is 24.9. The van der Waals surface area contributed by atoms with E-state index in [0.29, 0.717) is 22.4 Å². The summed E-state index contributed by atoms with van der Waals surface area (Å²) in [4.78, 5) is 39.2. The minimum Gasteiger partial charge on any atom is -0.384 e. The number of hydrogen-bond acceptors (Lipinski definition) is 4. The van der Waals surface area contributed by atoms with Crippen LogP contribution in [0.4, 0.5) is 5.69 Å². The standard InChI is InChI=1S/C23H27N5O3.ClH/c1-14-12-18(8-9-19(14)23(31)28-10-3-4-11-28)27-22(30)20(26-15(2)29)16-6-5-7-17(13-16)21(24)25;/h5-9,12-13,20H,3-4,10-11H2,1-2H3,(H3,24,25)(H,26,29)(H,27,30);1H. The van der Waals surface area contributed by atoms with Gasteiger partial charge in [-0.3, -0.25) is 19.8 Å². The van der Waals surface area contributed by atoms with Gasteiger partial charge in [-0.25, -0.2) is 0 Å². The molecular weight excluding hydrogens is 430 g/mol. The Morgan fingerprint density at radius 2 is 1.78 bits per heavy atom. The number of nitrogens with two attached hydrogens (primary N) is 1. The number of aryl methyl sites for hydroxylation is 1. The van der Waals surface area contributed by atoms with Gasteiger partial charge in [-0.05, 0) is 55.2 Å². The fraction of sp³-hybridized carbons (Fsp3) is 0.304. The molecule has 0 bridgehead atoms. The smallest absolute Gasteiger partial charge is 0.254 e. The lowest BCUT2D eigenvalue weighted by Gasteiger charge is -2.20. The average molecular weight is 458 g/mol. The van der Waals surface area contributed by atoms with Gasteiger partial charge in [0.1, 0.15) is 11.9 Å². The summed E-state index contributed by atoms with van der Waals surface area (Å²) in [7, 11) is 0. The van der Waals surface area contributed by atoms with Crippen molar-refractivity contribution in [2.45, 2.75) is 32.7 Å². The Bertz CT molecular complexity index is 1030. The van der Waals surface area contributed by atoms with Gasteiger partial charge in [-0.2, -0.15) is 0 Å². The molecule has 9 heteroatoms. The molecule has 1 heterocycles. The molecule has 1 saturated heterocycles. The van der Waals surface area contributed by atoms with Crippen LogP contribution in [0.25, 0.3) is 0 Å². The largest absolute Gasteiger partial charge is 0.384 e. The predicted octanol–water partition coefficient (Wildman–Crippen LogP) is 2.75. The van der Waals surface area contributed by atoms with Crippen LogP contribution in [0.1, 0.15) is 52.9 Å². The fourth-order valence-electron chi connectivity index (χ4n) is 3.68. The first-order chi connectivity index (χ1) is 14.8. The SMILES string of the molecule is CC(=O)NC(C(=O)Nc1ccc(C(=O)N2CCCC2)c(C)c1)c1cccc(C(=N)N)c1.Cl. The van der Waals surface area contributed by atoms with Crippen LogP contribution in [0, 0.1) is 12.3 Å². The molecule has 2 aromatic carbocycles. The third kappa shape index (κ3) is 5.85. The van der Waals surface area contributed by atoms with E-state index < -0.39 is 11.9 Å². The number of hydrogen-bond donors (Lipinski definition) is 4. The highest BCUT2D eigenvalue weighted by Crippen LogP contribution is 2.22. The monoisotopic (exact) mass is 457 g/mol. The molecule has 3 amide bonds. The molecule has 0 spiro atoms. The van der Waals surface area contributed by atoms with Gasteiger partial charge >= 0.3 is 0 Å². The summed E-state index contributed by atoms with van der Waals surface area (Å²) in [5, 5.41) is 13.0. The average Bonchev–Trinajstić information content (AvgIpc) is 3.26. The van der Waals surface area contributed by atoms with E-state index in [-0.39, 0.29) is 30.1 Å². The molecule has 170 valence electrons. The maximum Gasteiger partial charge on any atom is 0.254 e. The van der Waals surface area contributed by atoms with Gasteiger partial charge in [0.05, 0.1) is 0 Å². The lowest BCUT2D eigenvalue weighted by Crippen LogP contribution is -2.36. The van der Waals surface area contributed by atoms with Gasteiger partial charge in [-0.1, -0.05) is 18.2 Å². The number of carbonyl (C=O) groups excluding carboxylic acids is 3. The van der Waals surface area contributed by atoms with Crippen LogP contribution in [0.15, 0.2) is 42.5 Å². The Kier molecular flexibility index (Phi) is 8.37. The number of rotatable bonds is 6. The second-order valence-electron chi connectivity index (χ2n) is 7.69. The first-order valence-corrected chi connectivity index (χ1v) is 10.2. The van der Waals surface area contributed by atoms with Crippen LogP contribution in [0.5, 0.6) is 0 Å². The number of anilines is 1. The van der Waals surface area contributed by atoms with Crippen LogP contribution >= 0.6 is 12.4 Å². The van der Waals surface area contributed by atoms with Crippen molar-refractivity contribution in [1.82, 2.24) is 10.2 Å². The molecule has 0 aromatic heterocycles. The highest BCUT2D eigenvalue weighted by atomic mass is 35.5. The van der Waals surface area contributed by atoms with Crippen molar-refractivity contribution in [3.8, 4) is 0 Å². The van der Waals surface area contributed by atoms with Crippen LogP contribution in [-0.2, 0) is 9.59 Å². The molecule has 0 radical (unpaired) electrons. The molecule has 3 rings (SSSR count). The van der Waals surface area contributed by atoms with Crippen LogP contribution in [-0.4, -0.2) is 41.5 Å². The van der Waals surface area contributed by atoms with Crippen molar-refractivity contribution in [2.75, 3.05) is 18.4 Å². The predicted molar refractivity (Wildman–Crippen MR) is 126 cm³/mol. The molecule has 0 aliphatic carbocycles. The zero-order valence-electron chi connectivity index (χ0n) is 18.1. The molecule has 1 fully saturated rings. The molecule has 5 N–H and O–H groups in total. The van der Waals surface area contributed by atoms with Crippen molar-refractivity contribution in [3.63, 3.8) is 0 Å². The summed E-state index contributed by atoms with van der Waals surface area (Å²) in [6.45, 7) is 4.71. The van der Waals surface area contributed by atoms with E-state index in [1.54, 1.807) is 42.5 Å². The van der Waals surface area contributed by atoms with Crippen molar-refractivity contribution >= 4 is 41.7 Å². The molecule has 1 unspecified atom stereocenters. The van der Waals surface area contributed by atoms with Crippen LogP contribution < -0.4 is 16.4 Å². The topological polar surface area (TPSA) is 128 Å². The lowest BCUT2D eigenvalue weighted by atomic mass is 10.0. The minimum atomic E-state index is -0.956.